The van der Waals surface area contributed by atoms with Gasteiger partial charge in [0.1, 0.15) is 18.2 Å². The Kier molecular flexibility index (Phi) is 5.40. The van der Waals surface area contributed by atoms with Gasteiger partial charge in [-0.1, -0.05) is 36.3 Å². The van der Waals surface area contributed by atoms with Gasteiger partial charge in [-0.3, -0.25) is 14.5 Å². The zero-order valence-electron chi connectivity index (χ0n) is 13.6. The summed E-state index contributed by atoms with van der Waals surface area (Å²) >= 11 is 0.847. The summed E-state index contributed by atoms with van der Waals surface area (Å²) in [5.74, 6) is 2.09. The number of nitrogens with zero attached hydrogens (tertiary/aromatic N) is 1. The number of benzene rings is 2. The average Bonchev–Trinajstić information content (AvgIpc) is 2.89. The van der Waals surface area contributed by atoms with Crippen molar-refractivity contribution < 1.29 is 18.7 Å². The van der Waals surface area contributed by atoms with Crippen LogP contribution in [0, 0.1) is 18.2 Å². The van der Waals surface area contributed by atoms with Crippen molar-refractivity contribution in [3.63, 3.8) is 0 Å². The Morgan fingerprint density at radius 3 is 2.77 bits per heavy atom. The minimum atomic E-state index is -0.407. The van der Waals surface area contributed by atoms with Crippen LogP contribution in [0.5, 0.6) is 5.75 Å². The second kappa shape index (κ2) is 7.89. The summed E-state index contributed by atoms with van der Waals surface area (Å²) in [7, 11) is 0. The van der Waals surface area contributed by atoms with Crippen LogP contribution in [0.25, 0.3) is 6.08 Å². The largest absolute Gasteiger partial charge is 0.489 e. The molecule has 1 aliphatic rings. The van der Waals surface area contributed by atoms with Gasteiger partial charge in [-0.05, 0) is 41.6 Å². The molecule has 0 aromatic heterocycles. The summed E-state index contributed by atoms with van der Waals surface area (Å²) in [6, 6.07) is 13.4. The molecule has 1 fully saturated rings. The monoisotopic (exact) mass is 367 g/mol. The molecule has 0 spiro atoms. The highest BCUT2D eigenvalue weighted by atomic mass is 32.2. The van der Waals surface area contributed by atoms with Crippen LogP contribution >= 0.6 is 11.8 Å². The van der Waals surface area contributed by atoms with E-state index in [-0.39, 0.29) is 24.2 Å². The van der Waals surface area contributed by atoms with Gasteiger partial charge in [-0.15, -0.1) is 6.42 Å². The van der Waals surface area contributed by atoms with Crippen LogP contribution < -0.4 is 4.74 Å². The summed E-state index contributed by atoms with van der Waals surface area (Å²) in [6.45, 7) is 0.0443. The second-order valence-corrected chi connectivity index (χ2v) is 6.42. The first-order valence-electron chi connectivity index (χ1n) is 7.73. The van der Waals surface area contributed by atoms with Crippen molar-refractivity contribution in [2.24, 2.45) is 0 Å². The van der Waals surface area contributed by atoms with Crippen molar-refractivity contribution in [1.82, 2.24) is 4.90 Å². The highest BCUT2D eigenvalue weighted by Crippen LogP contribution is 2.32. The first-order valence-corrected chi connectivity index (χ1v) is 8.55. The van der Waals surface area contributed by atoms with E-state index in [2.05, 4.69) is 5.92 Å². The number of amides is 2. The van der Waals surface area contributed by atoms with Gasteiger partial charge >= 0.3 is 0 Å². The maximum absolute atomic E-state index is 13.6. The smallest absolute Gasteiger partial charge is 0.294 e. The fourth-order valence-electron chi connectivity index (χ4n) is 2.35. The molecule has 130 valence electrons. The van der Waals surface area contributed by atoms with Crippen molar-refractivity contribution in [1.29, 1.82) is 0 Å². The van der Waals surface area contributed by atoms with E-state index in [0.717, 1.165) is 16.7 Å². The number of thioether (sulfide) groups is 1. The molecular formula is C20H14FNO3S. The van der Waals surface area contributed by atoms with Crippen molar-refractivity contribution in [2.75, 3.05) is 6.54 Å². The number of halogens is 1. The molecule has 0 aliphatic carbocycles. The van der Waals surface area contributed by atoms with Crippen LogP contribution in [0.4, 0.5) is 9.18 Å². The maximum Gasteiger partial charge on any atom is 0.294 e. The Morgan fingerprint density at radius 1 is 1.19 bits per heavy atom. The Balaban J connectivity index is 1.74. The molecule has 0 saturated carbocycles. The maximum atomic E-state index is 13.6. The number of imide groups is 1. The fraction of sp³-hybridized carbons (Fsp3) is 0.100. The quantitative estimate of drug-likeness (QED) is 0.590. The SMILES string of the molecule is C#CCN1C(=O)S/C(=C/c2cccc(OCc3ccccc3F)c2)C1=O. The Bertz CT molecular complexity index is 933. The molecule has 3 rings (SSSR count). The second-order valence-electron chi connectivity index (χ2n) is 5.42. The molecule has 2 aromatic rings. The minimum Gasteiger partial charge on any atom is -0.489 e. The normalized spacial score (nSPS) is 15.4. The van der Waals surface area contributed by atoms with Crippen molar-refractivity contribution in [3.05, 3.63) is 70.4 Å². The number of hydrogen-bond acceptors (Lipinski definition) is 4. The van der Waals surface area contributed by atoms with Gasteiger partial charge in [-0.25, -0.2) is 4.39 Å². The van der Waals surface area contributed by atoms with E-state index in [0.29, 0.717) is 21.8 Å². The number of terminal acetylenes is 1. The average molecular weight is 367 g/mol. The zero-order chi connectivity index (χ0) is 18.5. The third-order valence-electron chi connectivity index (χ3n) is 3.63. The first kappa shape index (κ1) is 17.8. The predicted molar refractivity (Wildman–Crippen MR) is 98.7 cm³/mol. The van der Waals surface area contributed by atoms with Crippen LogP contribution in [-0.2, 0) is 11.4 Å². The molecule has 1 heterocycles. The predicted octanol–water partition coefficient (Wildman–Crippen LogP) is 4.07. The third kappa shape index (κ3) is 3.95. The minimum absolute atomic E-state index is 0.0478. The molecule has 0 atom stereocenters. The van der Waals surface area contributed by atoms with Crippen LogP contribution in [0.3, 0.4) is 0 Å². The van der Waals surface area contributed by atoms with Gasteiger partial charge in [0.25, 0.3) is 11.1 Å². The van der Waals surface area contributed by atoms with Gasteiger partial charge in [0.15, 0.2) is 0 Å². The van der Waals surface area contributed by atoms with E-state index in [1.807, 2.05) is 0 Å². The lowest BCUT2D eigenvalue weighted by atomic mass is 10.2. The van der Waals surface area contributed by atoms with Gasteiger partial charge < -0.3 is 4.74 Å². The molecule has 4 nitrogen and oxygen atoms in total. The molecule has 2 aromatic carbocycles. The van der Waals surface area contributed by atoms with Crippen LogP contribution in [0.15, 0.2) is 53.4 Å². The number of ether oxygens (including phenoxy) is 1. The highest BCUT2D eigenvalue weighted by Gasteiger charge is 2.34. The summed E-state index contributed by atoms with van der Waals surface area (Å²) in [5, 5.41) is -0.383. The molecule has 0 bridgehead atoms. The van der Waals surface area contributed by atoms with E-state index >= 15 is 0 Å². The van der Waals surface area contributed by atoms with Crippen LogP contribution in [0.2, 0.25) is 0 Å². The molecule has 26 heavy (non-hydrogen) atoms. The van der Waals surface area contributed by atoms with E-state index in [1.165, 1.54) is 6.07 Å². The Hall–Kier alpha value is -3.04. The third-order valence-corrected chi connectivity index (χ3v) is 4.54. The lowest BCUT2D eigenvalue weighted by Gasteiger charge is -2.08. The lowest BCUT2D eigenvalue weighted by Crippen LogP contribution is -2.28. The van der Waals surface area contributed by atoms with E-state index in [4.69, 9.17) is 11.2 Å². The van der Waals surface area contributed by atoms with E-state index in [1.54, 1.807) is 48.5 Å². The van der Waals surface area contributed by atoms with E-state index in [9.17, 15) is 14.0 Å². The van der Waals surface area contributed by atoms with Gasteiger partial charge in [0.05, 0.1) is 11.4 Å². The summed E-state index contributed by atoms with van der Waals surface area (Å²) in [6.07, 6.45) is 6.78. The van der Waals surface area contributed by atoms with E-state index < -0.39 is 5.91 Å². The molecule has 0 unspecified atom stereocenters. The van der Waals surface area contributed by atoms with Crippen molar-refractivity contribution in [2.45, 2.75) is 6.61 Å². The summed E-state index contributed by atoms with van der Waals surface area (Å²) in [4.78, 5) is 25.3. The molecule has 1 saturated heterocycles. The first-order chi connectivity index (χ1) is 12.6. The Morgan fingerprint density at radius 2 is 2.00 bits per heavy atom. The highest BCUT2D eigenvalue weighted by molar-refractivity contribution is 8.18. The molecule has 0 N–H and O–H groups in total. The van der Waals surface area contributed by atoms with Gasteiger partial charge in [0, 0.05) is 5.56 Å². The molecule has 6 heteroatoms. The van der Waals surface area contributed by atoms with Gasteiger partial charge in [0.2, 0.25) is 0 Å². The summed E-state index contributed by atoms with van der Waals surface area (Å²) < 4.78 is 19.3. The van der Waals surface area contributed by atoms with Crippen molar-refractivity contribution >= 4 is 29.0 Å². The lowest BCUT2D eigenvalue weighted by molar-refractivity contribution is -0.122. The number of carbonyl (C=O) groups excluding carboxylic acids is 2. The fourth-order valence-corrected chi connectivity index (χ4v) is 3.19. The van der Waals surface area contributed by atoms with Crippen LogP contribution in [-0.4, -0.2) is 22.6 Å². The number of rotatable bonds is 5. The number of carbonyl (C=O) groups is 2. The number of hydrogen-bond donors (Lipinski definition) is 0. The van der Waals surface area contributed by atoms with Crippen LogP contribution in [0.1, 0.15) is 11.1 Å². The molecule has 2 amide bonds. The molecule has 1 aliphatic heterocycles. The Labute approximate surface area is 154 Å². The zero-order valence-corrected chi connectivity index (χ0v) is 14.5. The standard InChI is InChI=1S/C20H14FNO3S/c1-2-10-22-19(23)18(26-20(22)24)12-14-6-5-8-16(11-14)25-13-15-7-3-4-9-17(15)21/h1,3-9,11-12H,10,13H2/b18-12+. The summed E-state index contributed by atoms with van der Waals surface area (Å²) in [5.41, 5.74) is 1.15. The molecular weight excluding hydrogens is 353 g/mol. The molecule has 0 radical (unpaired) electrons. The van der Waals surface area contributed by atoms with Gasteiger partial charge in [-0.2, -0.15) is 0 Å². The van der Waals surface area contributed by atoms with Crippen molar-refractivity contribution in [3.8, 4) is 18.1 Å². The topological polar surface area (TPSA) is 46.6 Å².